The zero-order valence-electron chi connectivity index (χ0n) is 10.4. The molecule has 0 unspecified atom stereocenters. The first-order valence-electron chi connectivity index (χ1n) is 6.12. The minimum Gasteiger partial charge on any atom is -0.476 e. The van der Waals surface area contributed by atoms with Gasteiger partial charge in [0.1, 0.15) is 6.54 Å². The van der Waals surface area contributed by atoms with Gasteiger partial charge in [-0.25, -0.2) is 9.48 Å². The molecule has 0 atom stereocenters. The Kier molecular flexibility index (Phi) is 4.10. The highest BCUT2D eigenvalue weighted by molar-refractivity contribution is 5.84. The fourth-order valence-electron chi connectivity index (χ4n) is 2.08. The van der Waals surface area contributed by atoms with Crippen LogP contribution < -0.4 is 0 Å². The van der Waals surface area contributed by atoms with Gasteiger partial charge in [-0.15, -0.1) is 5.10 Å². The summed E-state index contributed by atoms with van der Waals surface area (Å²) in [4.78, 5) is 24.3. The summed E-state index contributed by atoms with van der Waals surface area (Å²) in [6.07, 6.45) is 2.82. The Morgan fingerprint density at radius 2 is 2.05 bits per heavy atom. The maximum Gasteiger partial charge on any atom is 0.358 e. The Morgan fingerprint density at radius 3 is 2.58 bits per heavy atom. The number of carboxylic acid groups (broad SMARTS) is 1. The van der Waals surface area contributed by atoms with Crippen molar-refractivity contribution < 1.29 is 19.8 Å². The van der Waals surface area contributed by atoms with E-state index in [9.17, 15) is 9.59 Å². The highest BCUT2D eigenvalue weighted by Crippen LogP contribution is 2.16. The Balaban J connectivity index is 1.88. The van der Waals surface area contributed by atoms with E-state index in [0.717, 1.165) is 12.8 Å². The maximum atomic E-state index is 12.0. The quantitative estimate of drug-likeness (QED) is 0.740. The molecule has 0 saturated carbocycles. The molecule has 1 aromatic heterocycles. The summed E-state index contributed by atoms with van der Waals surface area (Å²) in [6, 6.07) is 0. The molecule has 2 N–H and O–H groups in total. The molecule has 19 heavy (non-hydrogen) atoms. The van der Waals surface area contributed by atoms with Gasteiger partial charge in [-0.1, -0.05) is 5.21 Å². The third kappa shape index (κ3) is 3.28. The predicted octanol–water partition coefficient (Wildman–Crippen LogP) is -0.793. The van der Waals surface area contributed by atoms with E-state index in [1.165, 1.54) is 10.9 Å². The molecular formula is C11H16N4O4. The molecule has 8 nitrogen and oxygen atoms in total. The molecule has 1 saturated heterocycles. The van der Waals surface area contributed by atoms with Crippen molar-refractivity contribution in [1.29, 1.82) is 0 Å². The van der Waals surface area contributed by atoms with Crippen LogP contribution in [0.2, 0.25) is 0 Å². The highest BCUT2D eigenvalue weighted by Gasteiger charge is 2.22. The molecule has 0 aliphatic carbocycles. The Morgan fingerprint density at radius 1 is 1.37 bits per heavy atom. The number of nitrogens with zero attached hydrogens (tertiary/aromatic N) is 4. The Hall–Kier alpha value is -1.96. The second-order valence-electron chi connectivity index (χ2n) is 4.61. The number of hydrogen-bond donors (Lipinski definition) is 2. The molecule has 2 heterocycles. The van der Waals surface area contributed by atoms with Crippen LogP contribution in [-0.4, -0.2) is 61.7 Å². The van der Waals surface area contributed by atoms with E-state index in [0.29, 0.717) is 13.1 Å². The van der Waals surface area contributed by atoms with E-state index in [-0.39, 0.29) is 30.7 Å². The van der Waals surface area contributed by atoms with Crippen LogP contribution in [-0.2, 0) is 11.3 Å². The van der Waals surface area contributed by atoms with Gasteiger partial charge >= 0.3 is 5.97 Å². The van der Waals surface area contributed by atoms with Crippen LogP contribution >= 0.6 is 0 Å². The number of amides is 1. The van der Waals surface area contributed by atoms with Crippen LogP contribution in [0.1, 0.15) is 23.3 Å². The maximum absolute atomic E-state index is 12.0. The van der Waals surface area contributed by atoms with Crippen LogP contribution in [0.25, 0.3) is 0 Å². The van der Waals surface area contributed by atoms with E-state index in [1.807, 2.05) is 0 Å². The number of carboxylic acids is 1. The van der Waals surface area contributed by atoms with Crippen LogP contribution in [0.3, 0.4) is 0 Å². The fraction of sp³-hybridized carbons (Fsp3) is 0.636. The van der Waals surface area contributed by atoms with Crippen LogP contribution in [0, 0.1) is 5.92 Å². The zero-order chi connectivity index (χ0) is 13.8. The number of aliphatic hydroxyl groups excluding tert-OH is 1. The normalized spacial score (nSPS) is 16.6. The van der Waals surface area contributed by atoms with Crippen molar-refractivity contribution in [2.45, 2.75) is 19.4 Å². The van der Waals surface area contributed by atoms with Crippen molar-refractivity contribution in [3.05, 3.63) is 11.9 Å². The number of aromatic nitrogens is 3. The number of hydrogen-bond acceptors (Lipinski definition) is 5. The standard InChI is InChI=1S/C11H16N4O4/c16-7-8-1-3-14(4-2-8)10(17)6-15-5-9(11(18)19)12-13-15/h5,8,16H,1-4,6-7H2,(H,18,19). The Bertz CT molecular complexity index is 465. The highest BCUT2D eigenvalue weighted by atomic mass is 16.4. The van der Waals surface area contributed by atoms with Gasteiger partial charge < -0.3 is 15.1 Å². The van der Waals surface area contributed by atoms with Crippen LogP contribution in [0.15, 0.2) is 6.20 Å². The van der Waals surface area contributed by atoms with Gasteiger partial charge in [-0.3, -0.25) is 4.79 Å². The summed E-state index contributed by atoms with van der Waals surface area (Å²) in [5.41, 5.74) is -0.174. The molecule has 1 aliphatic rings. The monoisotopic (exact) mass is 268 g/mol. The number of aliphatic hydroxyl groups is 1. The van der Waals surface area contributed by atoms with Crippen molar-refractivity contribution in [3.8, 4) is 0 Å². The summed E-state index contributed by atoms with van der Waals surface area (Å²) in [5, 5.41) is 24.8. The van der Waals surface area contributed by atoms with E-state index in [4.69, 9.17) is 10.2 Å². The molecule has 104 valence electrons. The lowest BCUT2D eigenvalue weighted by Crippen LogP contribution is -2.40. The zero-order valence-corrected chi connectivity index (χ0v) is 10.4. The average Bonchev–Trinajstić information content (AvgIpc) is 2.87. The predicted molar refractivity (Wildman–Crippen MR) is 63.4 cm³/mol. The number of piperidine rings is 1. The molecule has 8 heteroatoms. The molecule has 0 radical (unpaired) electrons. The van der Waals surface area contributed by atoms with E-state index >= 15 is 0 Å². The first kappa shape index (κ1) is 13.5. The second kappa shape index (κ2) is 5.79. The lowest BCUT2D eigenvalue weighted by atomic mass is 9.98. The van der Waals surface area contributed by atoms with Gasteiger partial charge in [-0.2, -0.15) is 0 Å². The molecule has 2 rings (SSSR count). The summed E-state index contributed by atoms with van der Waals surface area (Å²) < 4.78 is 1.23. The van der Waals surface area contributed by atoms with Gasteiger partial charge in [0.2, 0.25) is 5.91 Å². The lowest BCUT2D eigenvalue weighted by molar-refractivity contribution is -0.133. The van der Waals surface area contributed by atoms with Gasteiger partial charge in [0.25, 0.3) is 0 Å². The molecule has 1 amide bonds. The van der Waals surface area contributed by atoms with Gasteiger partial charge in [0.05, 0.1) is 6.20 Å². The van der Waals surface area contributed by atoms with Crippen molar-refractivity contribution in [3.63, 3.8) is 0 Å². The summed E-state index contributed by atoms with van der Waals surface area (Å²) >= 11 is 0. The van der Waals surface area contributed by atoms with Gasteiger partial charge in [0.15, 0.2) is 5.69 Å². The third-order valence-electron chi connectivity index (χ3n) is 3.28. The topological polar surface area (TPSA) is 109 Å². The number of aromatic carboxylic acids is 1. The largest absolute Gasteiger partial charge is 0.476 e. The molecule has 1 fully saturated rings. The molecule has 1 aliphatic heterocycles. The van der Waals surface area contributed by atoms with Crippen molar-refractivity contribution in [2.24, 2.45) is 5.92 Å². The second-order valence-corrected chi connectivity index (χ2v) is 4.61. The smallest absolute Gasteiger partial charge is 0.358 e. The van der Waals surface area contributed by atoms with Gasteiger partial charge in [-0.05, 0) is 18.8 Å². The molecular weight excluding hydrogens is 252 g/mol. The van der Waals surface area contributed by atoms with E-state index in [2.05, 4.69) is 10.3 Å². The number of likely N-dealkylation sites (tertiary alicyclic amines) is 1. The first-order valence-corrected chi connectivity index (χ1v) is 6.12. The van der Waals surface area contributed by atoms with Crippen LogP contribution in [0.5, 0.6) is 0 Å². The lowest BCUT2D eigenvalue weighted by Gasteiger charge is -2.31. The summed E-state index contributed by atoms with van der Waals surface area (Å²) in [7, 11) is 0. The van der Waals surface area contributed by atoms with Crippen LogP contribution in [0.4, 0.5) is 0 Å². The number of carbonyl (C=O) groups is 2. The average molecular weight is 268 g/mol. The minimum atomic E-state index is -1.16. The van der Waals surface area contributed by atoms with E-state index in [1.54, 1.807) is 4.90 Å². The van der Waals surface area contributed by atoms with Crippen molar-refractivity contribution in [1.82, 2.24) is 19.9 Å². The fourth-order valence-corrected chi connectivity index (χ4v) is 2.08. The number of rotatable bonds is 4. The first-order chi connectivity index (χ1) is 9.10. The molecule has 1 aromatic rings. The SMILES string of the molecule is O=C(O)c1cn(CC(=O)N2CCC(CO)CC2)nn1. The molecule has 0 spiro atoms. The minimum absolute atomic E-state index is 0.00985. The summed E-state index contributed by atoms with van der Waals surface area (Å²) in [6.45, 7) is 1.38. The van der Waals surface area contributed by atoms with Gasteiger partial charge in [0, 0.05) is 19.7 Å². The van der Waals surface area contributed by atoms with Crippen molar-refractivity contribution >= 4 is 11.9 Å². The third-order valence-corrected chi connectivity index (χ3v) is 3.28. The van der Waals surface area contributed by atoms with E-state index < -0.39 is 5.97 Å². The molecule has 0 bridgehead atoms. The molecule has 0 aromatic carbocycles. The summed E-state index contributed by atoms with van der Waals surface area (Å²) in [5.74, 6) is -1.00. The number of carbonyl (C=O) groups excluding carboxylic acids is 1. The van der Waals surface area contributed by atoms with Crippen molar-refractivity contribution in [2.75, 3.05) is 19.7 Å². The Labute approximate surface area is 109 Å².